The zero-order valence-electron chi connectivity index (χ0n) is 11.2. The van der Waals surface area contributed by atoms with Crippen molar-refractivity contribution >= 4 is 7.11 Å². The van der Waals surface area contributed by atoms with Gasteiger partial charge in [0.05, 0.1) is 5.69 Å². The Morgan fingerprint density at radius 1 is 0.731 bits per heavy atom. The van der Waals surface area contributed by atoms with Crippen molar-refractivity contribution in [1.29, 1.82) is 0 Å². The van der Waals surface area contributed by atoms with Crippen molar-refractivity contribution in [1.82, 2.24) is 9.69 Å². The molecule has 26 heavy (non-hydrogen) atoms. The van der Waals surface area contributed by atoms with E-state index in [2.05, 4.69) is 0 Å². The van der Waals surface area contributed by atoms with Crippen molar-refractivity contribution in [2.75, 3.05) is 0 Å². The molecule has 2 nitrogen and oxygen atoms in total. The van der Waals surface area contributed by atoms with Crippen LogP contribution in [0, 0.1) is 0 Å². The number of hydrogen-bond donors (Lipinski definition) is 0. The van der Waals surface area contributed by atoms with Gasteiger partial charge in [-0.1, -0.05) is 0 Å². The van der Waals surface area contributed by atoms with Gasteiger partial charge in [0.2, 0.25) is 0 Å². The van der Waals surface area contributed by atoms with Crippen molar-refractivity contribution in [3.63, 3.8) is 0 Å². The molecule has 0 spiro atoms. The van der Waals surface area contributed by atoms with Crippen LogP contribution in [0.1, 0.15) is 11.4 Å². The molecule has 0 N–H and O–H groups in total. The Labute approximate surface area is 131 Å². The lowest BCUT2D eigenvalue weighted by atomic mass is 9.98. The summed E-state index contributed by atoms with van der Waals surface area (Å²) in [4.78, 5) is 0. The van der Waals surface area contributed by atoms with E-state index in [1.165, 1.54) is 5.10 Å². The van der Waals surface area contributed by atoms with Gasteiger partial charge >= 0.3 is 37.2 Å². The maximum atomic E-state index is 13.5. The number of rotatable bonds is 4. The fourth-order valence-electron chi connectivity index (χ4n) is 1.53. The molecule has 0 aliphatic heterocycles. The highest BCUT2D eigenvalue weighted by atomic mass is 19.4. The summed E-state index contributed by atoms with van der Waals surface area (Å²) < 4.78 is 186. The van der Waals surface area contributed by atoms with Gasteiger partial charge in [0.15, 0.2) is 5.69 Å². The summed E-state index contributed by atoms with van der Waals surface area (Å²) in [6, 6.07) is -1.39. The Kier molecular flexibility index (Phi) is 4.80. The second-order valence-electron chi connectivity index (χ2n) is 4.62. The Balaban J connectivity index is 3.75. The summed E-state index contributed by atoms with van der Waals surface area (Å²) in [6.07, 6.45) is -13.3. The zero-order chi connectivity index (χ0) is 21.1. The summed E-state index contributed by atoms with van der Waals surface area (Å²) in [5.41, 5.74) is -6.40. The van der Waals surface area contributed by atoms with E-state index < -0.39 is 59.3 Å². The fourth-order valence-corrected chi connectivity index (χ4v) is 1.53. The van der Waals surface area contributed by atoms with Crippen LogP contribution in [0.4, 0.5) is 65.6 Å². The predicted molar refractivity (Wildman–Crippen MR) is 51.5 cm³/mol. The van der Waals surface area contributed by atoms with E-state index in [1.54, 1.807) is 0 Å². The van der Waals surface area contributed by atoms with Crippen LogP contribution < -0.4 is 0 Å². The Bertz CT molecular complexity index is 663. The van der Waals surface area contributed by atoms with Gasteiger partial charge in [-0.3, -0.25) is 0 Å². The van der Waals surface area contributed by atoms with Gasteiger partial charge in [0.1, 0.15) is 0 Å². The smallest absolute Gasteiger partial charge is 0.427 e. The van der Waals surface area contributed by atoms with Gasteiger partial charge in [-0.25, -0.2) is 5.10 Å². The van der Waals surface area contributed by atoms with Gasteiger partial charge in [-0.2, -0.15) is 52.7 Å². The molecule has 0 saturated heterocycles. The van der Waals surface area contributed by atoms with E-state index in [1.807, 2.05) is 0 Å². The molecule has 152 valence electrons. The minimum Gasteiger partial charge on any atom is -0.427 e. The van der Waals surface area contributed by atoms with Crippen molar-refractivity contribution in [3.05, 3.63) is 17.5 Å². The van der Waals surface area contributed by atoms with E-state index in [4.69, 9.17) is 0 Å². The summed E-state index contributed by atoms with van der Waals surface area (Å²) in [6.45, 7) is 0. The Hall–Kier alpha value is -1.78. The second-order valence-corrected chi connectivity index (χ2v) is 4.62. The summed E-state index contributed by atoms with van der Waals surface area (Å²) >= 11 is 0. The quantitative estimate of drug-likeness (QED) is 0.494. The summed E-state index contributed by atoms with van der Waals surface area (Å²) in [5, 5.41) is 1.53. The van der Waals surface area contributed by atoms with Crippen LogP contribution in [0.3, 0.4) is 0 Å². The van der Waals surface area contributed by atoms with Crippen LogP contribution in [-0.4, -0.2) is 34.8 Å². The lowest BCUT2D eigenvalue weighted by molar-refractivity contribution is -0.400. The lowest BCUT2D eigenvalue weighted by Gasteiger charge is -2.35. The van der Waals surface area contributed by atoms with Crippen molar-refractivity contribution in [2.24, 2.45) is 0 Å². The van der Waals surface area contributed by atoms with E-state index in [9.17, 15) is 65.6 Å². The van der Waals surface area contributed by atoms with Crippen molar-refractivity contribution in [3.8, 4) is 0 Å². The molecule has 0 saturated carbocycles. The predicted octanol–water partition coefficient (Wildman–Crippen LogP) is 5.02. The number of halogens is 15. The van der Waals surface area contributed by atoms with Gasteiger partial charge in [-0.05, 0) is 6.07 Å². The first-order valence-corrected chi connectivity index (χ1v) is 5.66. The lowest BCUT2D eigenvalue weighted by Crippen LogP contribution is -2.60. The molecule has 0 amide bonds. The molecular weight excluding hydrogens is 420 g/mol. The summed E-state index contributed by atoms with van der Waals surface area (Å²) in [5.74, 6) is -22.2. The Morgan fingerprint density at radius 2 is 1.15 bits per heavy atom. The van der Waals surface area contributed by atoms with Crippen LogP contribution in [0.25, 0.3) is 0 Å². The number of nitrogens with zero attached hydrogens (tertiary/aromatic N) is 2. The number of aromatic nitrogens is 2. The topological polar surface area (TPSA) is 17.8 Å². The molecule has 18 heteroatoms. The van der Waals surface area contributed by atoms with Gasteiger partial charge in [0, 0.05) is 0 Å². The molecule has 1 heterocycles. The highest BCUT2D eigenvalue weighted by Crippen LogP contribution is 2.57. The van der Waals surface area contributed by atoms with Crippen molar-refractivity contribution < 1.29 is 65.6 Å². The molecule has 0 atom stereocenters. The molecule has 0 bridgehead atoms. The summed E-state index contributed by atoms with van der Waals surface area (Å²) in [7, 11) is -7.09. The van der Waals surface area contributed by atoms with Crippen LogP contribution in [-0.2, 0) is 12.1 Å². The molecule has 0 unspecified atom stereocenters. The third-order valence-corrected chi connectivity index (χ3v) is 2.77. The standard InChI is InChI=1S/C8HBF15N2/c10-4(11,6(15,16)7(17,18)8(19,20)21)3-1-2(5(12,13)14)25-26(3)9(22,23)24/h1H/q-1. The number of hydrogen-bond acceptors (Lipinski definition) is 1. The van der Waals surface area contributed by atoms with Crippen LogP contribution in [0.2, 0.25) is 0 Å². The first-order chi connectivity index (χ1) is 11.1. The minimum atomic E-state index is -7.59. The third-order valence-electron chi connectivity index (χ3n) is 2.77. The van der Waals surface area contributed by atoms with E-state index in [0.29, 0.717) is 0 Å². The monoisotopic (exact) mass is 421 g/mol. The fraction of sp³-hybridized carbons (Fsp3) is 0.625. The van der Waals surface area contributed by atoms with Crippen molar-refractivity contribution in [2.45, 2.75) is 30.1 Å². The molecule has 1 aromatic heterocycles. The third kappa shape index (κ3) is 3.28. The largest absolute Gasteiger partial charge is 0.618 e. The average Bonchev–Trinajstić information content (AvgIpc) is 2.81. The average molecular weight is 421 g/mol. The van der Waals surface area contributed by atoms with Gasteiger partial charge in [0.25, 0.3) is 0 Å². The second kappa shape index (κ2) is 5.61. The molecular formula is C8HBF15N2-. The molecule has 0 aromatic carbocycles. The SMILES string of the molecule is F[B-](F)(F)n1nc(C(F)(F)F)cc1C(F)(F)C(F)(F)C(F)(F)C(F)(F)F. The van der Waals surface area contributed by atoms with Crippen LogP contribution in [0.15, 0.2) is 6.07 Å². The molecule has 0 radical (unpaired) electrons. The molecule has 0 fully saturated rings. The van der Waals surface area contributed by atoms with E-state index in [0.717, 1.165) is 0 Å². The number of alkyl halides is 12. The molecule has 0 aliphatic carbocycles. The minimum absolute atomic E-state index is 1.39. The Morgan fingerprint density at radius 3 is 1.46 bits per heavy atom. The highest BCUT2D eigenvalue weighted by molar-refractivity contribution is 6.56. The molecule has 1 aromatic rings. The van der Waals surface area contributed by atoms with Crippen LogP contribution in [0.5, 0.6) is 0 Å². The molecule has 0 aliphatic rings. The normalized spacial score (nSPS) is 15.5. The van der Waals surface area contributed by atoms with Gasteiger partial charge < -0.3 is 17.5 Å². The highest BCUT2D eigenvalue weighted by Gasteiger charge is 2.82. The maximum Gasteiger partial charge on any atom is 0.618 e. The van der Waals surface area contributed by atoms with Gasteiger partial charge in [-0.15, -0.1) is 0 Å². The first kappa shape index (κ1) is 22.3. The zero-order valence-corrected chi connectivity index (χ0v) is 11.2. The first-order valence-electron chi connectivity index (χ1n) is 5.66. The molecule has 1 rings (SSSR count). The van der Waals surface area contributed by atoms with Crippen LogP contribution >= 0.6 is 0 Å². The van der Waals surface area contributed by atoms with E-state index >= 15 is 0 Å². The maximum absolute atomic E-state index is 13.5. The van der Waals surface area contributed by atoms with E-state index in [-0.39, 0.29) is 0 Å².